The van der Waals surface area contributed by atoms with Gasteiger partial charge in [-0.1, -0.05) is 0 Å². The fraction of sp³-hybridized carbons (Fsp3) is 0.412. The minimum absolute atomic E-state index is 0.0456. The molecule has 9 nitrogen and oxygen atoms in total. The van der Waals surface area contributed by atoms with Crippen LogP contribution in [0.3, 0.4) is 0 Å². The third kappa shape index (κ3) is 4.26. The standard InChI is InChI=1S/C17H19NO8S/c19-5-13-14(22)15(23)16(24)17(26-13)25-9-1-2-10(12(21)4-9)11(20)3-8-6-27-7-18-8/h1-2,4,6-7,13-17,19,21-24H,3,5H2/t13-,14+,15+,16+,17-/m1/s1. The van der Waals surface area contributed by atoms with E-state index < -0.39 is 37.3 Å². The Morgan fingerprint density at radius 1 is 1.22 bits per heavy atom. The normalized spacial score (nSPS) is 28.1. The first-order chi connectivity index (χ1) is 12.9. The summed E-state index contributed by atoms with van der Waals surface area (Å²) >= 11 is 1.37. The minimum Gasteiger partial charge on any atom is -0.507 e. The fourth-order valence-electron chi connectivity index (χ4n) is 2.70. The molecule has 2 heterocycles. The van der Waals surface area contributed by atoms with Crippen molar-refractivity contribution in [2.75, 3.05) is 6.61 Å². The minimum atomic E-state index is -1.58. The van der Waals surface area contributed by atoms with Gasteiger partial charge in [-0.25, -0.2) is 4.98 Å². The molecule has 5 atom stereocenters. The Bertz CT molecular complexity index is 781. The number of Topliss-reactive ketones (excluding diaryl/α,β-unsaturated/α-hetero) is 1. The first-order valence-electron chi connectivity index (χ1n) is 8.11. The lowest BCUT2D eigenvalue weighted by Gasteiger charge is -2.39. The van der Waals surface area contributed by atoms with Gasteiger partial charge < -0.3 is 35.0 Å². The summed E-state index contributed by atoms with van der Waals surface area (Å²) in [7, 11) is 0. The van der Waals surface area contributed by atoms with Crippen molar-refractivity contribution in [3.63, 3.8) is 0 Å². The van der Waals surface area contributed by atoms with E-state index in [0.717, 1.165) is 0 Å². The average Bonchev–Trinajstić information content (AvgIpc) is 3.15. The molecule has 5 N–H and O–H groups in total. The molecule has 10 heteroatoms. The molecule has 0 spiro atoms. The van der Waals surface area contributed by atoms with E-state index >= 15 is 0 Å². The molecule has 1 aromatic heterocycles. The zero-order valence-corrected chi connectivity index (χ0v) is 14.8. The van der Waals surface area contributed by atoms with E-state index in [2.05, 4.69) is 4.98 Å². The molecule has 27 heavy (non-hydrogen) atoms. The van der Waals surface area contributed by atoms with E-state index in [1.165, 1.54) is 29.5 Å². The molecule has 0 unspecified atom stereocenters. The van der Waals surface area contributed by atoms with Gasteiger partial charge in [-0.05, 0) is 12.1 Å². The van der Waals surface area contributed by atoms with E-state index in [9.17, 15) is 30.3 Å². The molecule has 146 valence electrons. The van der Waals surface area contributed by atoms with Gasteiger partial charge in [0.2, 0.25) is 6.29 Å². The average molecular weight is 397 g/mol. The molecule has 3 rings (SSSR count). The highest BCUT2D eigenvalue weighted by Gasteiger charge is 2.44. The highest BCUT2D eigenvalue weighted by Crippen LogP contribution is 2.29. The second-order valence-electron chi connectivity index (χ2n) is 6.07. The van der Waals surface area contributed by atoms with Crippen LogP contribution in [0.2, 0.25) is 0 Å². The van der Waals surface area contributed by atoms with Crippen LogP contribution in [0, 0.1) is 0 Å². The van der Waals surface area contributed by atoms with Gasteiger partial charge in [0.05, 0.1) is 29.8 Å². The largest absolute Gasteiger partial charge is 0.507 e. The van der Waals surface area contributed by atoms with Crippen molar-refractivity contribution in [3.05, 3.63) is 40.3 Å². The molecular weight excluding hydrogens is 378 g/mol. The molecule has 0 radical (unpaired) electrons. The summed E-state index contributed by atoms with van der Waals surface area (Å²) in [6.45, 7) is -0.583. The lowest BCUT2D eigenvalue weighted by atomic mass is 9.99. The van der Waals surface area contributed by atoms with E-state index in [-0.39, 0.29) is 29.3 Å². The number of carbonyl (C=O) groups excluding carboxylic acids is 1. The van der Waals surface area contributed by atoms with Crippen molar-refractivity contribution in [2.45, 2.75) is 37.1 Å². The summed E-state index contributed by atoms with van der Waals surface area (Å²) in [6, 6.07) is 3.94. The maximum absolute atomic E-state index is 12.3. The van der Waals surface area contributed by atoms with Crippen LogP contribution in [-0.4, -0.2) is 73.6 Å². The summed E-state index contributed by atoms with van der Waals surface area (Å²) in [4.78, 5) is 16.3. The van der Waals surface area contributed by atoms with Gasteiger partial charge in [0, 0.05) is 11.4 Å². The summed E-state index contributed by atoms with van der Waals surface area (Å²) in [5, 5.41) is 50.5. The number of ether oxygens (including phenoxy) is 2. The number of nitrogens with zero attached hydrogens (tertiary/aromatic N) is 1. The summed E-state index contributed by atoms with van der Waals surface area (Å²) < 4.78 is 10.6. The number of ketones is 1. The van der Waals surface area contributed by atoms with Gasteiger partial charge in [-0.15, -0.1) is 11.3 Å². The molecule has 2 aromatic rings. The van der Waals surface area contributed by atoms with Crippen molar-refractivity contribution < 1.29 is 39.8 Å². The highest BCUT2D eigenvalue weighted by atomic mass is 32.1. The van der Waals surface area contributed by atoms with Crippen molar-refractivity contribution >= 4 is 17.1 Å². The topological polar surface area (TPSA) is 150 Å². The van der Waals surface area contributed by atoms with Crippen molar-refractivity contribution in [1.82, 2.24) is 4.98 Å². The van der Waals surface area contributed by atoms with E-state index in [0.29, 0.717) is 5.69 Å². The second kappa shape index (κ2) is 8.30. The Morgan fingerprint density at radius 2 is 2.00 bits per heavy atom. The lowest BCUT2D eigenvalue weighted by Crippen LogP contribution is -2.60. The van der Waals surface area contributed by atoms with Crippen molar-refractivity contribution in [3.8, 4) is 11.5 Å². The fourth-order valence-corrected chi connectivity index (χ4v) is 3.26. The Kier molecular flexibility index (Phi) is 6.05. The van der Waals surface area contributed by atoms with Crippen LogP contribution in [0.15, 0.2) is 29.1 Å². The highest BCUT2D eigenvalue weighted by molar-refractivity contribution is 7.07. The van der Waals surface area contributed by atoms with Gasteiger partial charge in [0.15, 0.2) is 5.78 Å². The summed E-state index contributed by atoms with van der Waals surface area (Å²) in [5.74, 6) is -0.572. The van der Waals surface area contributed by atoms with Gasteiger partial charge in [0.1, 0.15) is 35.9 Å². The predicted octanol–water partition coefficient (Wildman–Crippen LogP) is -0.547. The quantitative estimate of drug-likeness (QED) is 0.405. The van der Waals surface area contributed by atoms with Crippen LogP contribution in [0.25, 0.3) is 0 Å². The number of aromatic hydroxyl groups is 1. The van der Waals surface area contributed by atoms with Crippen LogP contribution in [0.4, 0.5) is 0 Å². The van der Waals surface area contributed by atoms with Crippen LogP contribution in [-0.2, 0) is 11.2 Å². The number of hydrogen-bond acceptors (Lipinski definition) is 10. The van der Waals surface area contributed by atoms with Crippen LogP contribution >= 0.6 is 11.3 Å². The second-order valence-corrected chi connectivity index (χ2v) is 6.79. The number of benzene rings is 1. The zero-order chi connectivity index (χ0) is 19.6. The molecule has 1 aromatic carbocycles. The molecule has 1 aliphatic rings. The number of phenols is 1. The van der Waals surface area contributed by atoms with E-state index in [1.54, 1.807) is 10.9 Å². The maximum Gasteiger partial charge on any atom is 0.229 e. The summed E-state index contributed by atoms with van der Waals surface area (Å²) in [5.41, 5.74) is 2.30. The summed E-state index contributed by atoms with van der Waals surface area (Å²) in [6.07, 6.45) is -7.09. The Labute approximate surface area is 158 Å². The van der Waals surface area contributed by atoms with Crippen molar-refractivity contribution in [1.29, 1.82) is 0 Å². The molecule has 1 aliphatic heterocycles. The van der Waals surface area contributed by atoms with Gasteiger partial charge in [-0.2, -0.15) is 0 Å². The van der Waals surface area contributed by atoms with E-state index in [1.807, 2.05) is 0 Å². The van der Waals surface area contributed by atoms with Crippen LogP contribution < -0.4 is 4.74 Å². The number of aromatic nitrogens is 1. The predicted molar refractivity (Wildman–Crippen MR) is 92.7 cm³/mol. The molecule has 0 aliphatic carbocycles. The number of hydrogen-bond donors (Lipinski definition) is 5. The number of phenolic OH excluding ortho intramolecular Hbond substituents is 1. The lowest BCUT2D eigenvalue weighted by molar-refractivity contribution is -0.277. The first kappa shape index (κ1) is 19.7. The Morgan fingerprint density at radius 3 is 2.63 bits per heavy atom. The number of rotatable bonds is 6. The third-order valence-electron chi connectivity index (χ3n) is 4.20. The van der Waals surface area contributed by atoms with Crippen molar-refractivity contribution in [2.24, 2.45) is 0 Å². The van der Waals surface area contributed by atoms with Gasteiger partial charge >= 0.3 is 0 Å². The first-order valence-corrected chi connectivity index (χ1v) is 9.05. The zero-order valence-electron chi connectivity index (χ0n) is 14.0. The molecule has 0 amide bonds. The molecular formula is C17H19NO8S. The third-order valence-corrected chi connectivity index (χ3v) is 4.83. The number of thiazole rings is 1. The number of aliphatic hydroxyl groups excluding tert-OH is 4. The molecule has 0 saturated carbocycles. The Hall–Kier alpha value is -2.08. The van der Waals surface area contributed by atoms with Crippen LogP contribution in [0.5, 0.6) is 11.5 Å². The SMILES string of the molecule is O=C(Cc1cscn1)c1ccc(O[C@@H]2O[C@H](CO)[C@H](O)[C@H](O)[C@@H]2O)cc1O. The molecule has 0 bridgehead atoms. The number of aliphatic hydroxyl groups is 4. The Balaban J connectivity index is 1.71. The monoisotopic (exact) mass is 397 g/mol. The molecule has 1 saturated heterocycles. The maximum atomic E-state index is 12.3. The van der Waals surface area contributed by atoms with Gasteiger partial charge in [0.25, 0.3) is 0 Å². The van der Waals surface area contributed by atoms with Crippen LogP contribution in [0.1, 0.15) is 16.1 Å². The number of carbonyl (C=O) groups is 1. The molecule has 1 fully saturated rings. The van der Waals surface area contributed by atoms with Gasteiger partial charge in [-0.3, -0.25) is 4.79 Å². The van der Waals surface area contributed by atoms with E-state index in [4.69, 9.17) is 9.47 Å². The smallest absolute Gasteiger partial charge is 0.229 e.